The number of carbonyl (C=O) groups excluding carboxylic acids is 1. The summed E-state index contributed by atoms with van der Waals surface area (Å²) in [6.07, 6.45) is 2.04. The minimum absolute atomic E-state index is 0.0974. The van der Waals surface area contributed by atoms with E-state index in [0.29, 0.717) is 11.5 Å². The number of nitrogens with zero attached hydrogens (tertiary/aromatic N) is 2. The molecule has 1 aromatic heterocycles. The van der Waals surface area contributed by atoms with Gasteiger partial charge < -0.3 is 9.42 Å². The van der Waals surface area contributed by atoms with Crippen LogP contribution in [0.1, 0.15) is 56.6 Å². The lowest BCUT2D eigenvalue weighted by atomic mass is 9.86. The molecular formula is C19H26N2O2. The largest absolute Gasteiger partial charge is 0.355 e. The third-order valence-corrected chi connectivity index (χ3v) is 3.96. The topological polar surface area (TPSA) is 46.3 Å². The van der Waals surface area contributed by atoms with Crippen molar-refractivity contribution in [3.63, 3.8) is 0 Å². The molecule has 0 aliphatic rings. The first-order chi connectivity index (χ1) is 10.8. The Hall–Kier alpha value is -2.10. The van der Waals surface area contributed by atoms with Crippen molar-refractivity contribution in [2.24, 2.45) is 0 Å². The van der Waals surface area contributed by atoms with E-state index in [9.17, 15) is 4.79 Å². The van der Waals surface area contributed by atoms with Gasteiger partial charge in [0, 0.05) is 25.2 Å². The molecule has 0 N–H and O–H groups in total. The standard InChI is InChI=1S/C19H26N2O2/c1-6-7-12-21(5)18(22)16-13-17(23-20-16)14-8-10-15(11-9-14)19(2,3)4/h8-11,13H,6-7,12H2,1-5H3. The smallest absolute Gasteiger partial charge is 0.275 e. The van der Waals surface area contributed by atoms with Crippen molar-refractivity contribution in [1.82, 2.24) is 10.1 Å². The zero-order valence-electron chi connectivity index (χ0n) is 14.7. The molecule has 124 valence electrons. The average Bonchev–Trinajstić information content (AvgIpc) is 3.01. The van der Waals surface area contributed by atoms with Crippen molar-refractivity contribution in [3.8, 4) is 11.3 Å². The second-order valence-electron chi connectivity index (χ2n) is 6.98. The van der Waals surface area contributed by atoms with Crippen LogP contribution in [0.4, 0.5) is 0 Å². The second kappa shape index (κ2) is 6.99. The molecule has 0 fully saturated rings. The van der Waals surface area contributed by atoms with Gasteiger partial charge in [0.05, 0.1) is 0 Å². The highest BCUT2D eigenvalue weighted by Gasteiger charge is 2.18. The van der Waals surface area contributed by atoms with Gasteiger partial charge in [0.1, 0.15) is 0 Å². The molecule has 2 rings (SSSR count). The summed E-state index contributed by atoms with van der Waals surface area (Å²) in [4.78, 5) is 14.0. The molecule has 0 atom stereocenters. The predicted octanol–water partition coefficient (Wildman–Crippen LogP) is 4.51. The highest BCUT2D eigenvalue weighted by atomic mass is 16.5. The first-order valence-electron chi connectivity index (χ1n) is 8.16. The Balaban J connectivity index is 2.14. The molecule has 23 heavy (non-hydrogen) atoms. The van der Waals surface area contributed by atoms with E-state index < -0.39 is 0 Å². The first kappa shape index (κ1) is 17.3. The summed E-state index contributed by atoms with van der Waals surface area (Å²) in [5, 5.41) is 3.93. The van der Waals surface area contributed by atoms with Crippen molar-refractivity contribution in [2.75, 3.05) is 13.6 Å². The molecule has 4 nitrogen and oxygen atoms in total. The summed E-state index contributed by atoms with van der Waals surface area (Å²) in [6, 6.07) is 9.92. The van der Waals surface area contributed by atoms with Crippen molar-refractivity contribution >= 4 is 5.91 Å². The Labute approximate surface area is 138 Å². The van der Waals surface area contributed by atoms with Crippen molar-refractivity contribution in [2.45, 2.75) is 46.0 Å². The lowest BCUT2D eigenvalue weighted by molar-refractivity contribution is 0.0783. The molecule has 0 bridgehead atoms. The van der Waals surface area contributed by atoms with Crippen molar-refractivity contribution in [1.29, 1.82) is 0 Å². The maximum atomic E-state index is 12.3. The lowest BCUT2D eigenvalue weighted by Gasteiger charge is -2.18. The van der Waals surface area contributed by atoms with E-state index in [1.165, 1.54) is 5.56 Å². The van der Waals surface area contributed by atoms with E-state index in [2.05, 4.69) is 45.0 Å². The zero-order valence-corrected chi connectivity index (χ0v) is 14.7. The van der Waals surface area contributed by atoms with Crippen molar-refractivity contribution < 1.29 is 9.32 Å². The third-order valence-electron chi connectivity index (χ3n) is 3.96. The van der Waals surface area contributed by atoms with Gasteiger partial charge in [0.2, 0.25) is 0 Å². The number of hydrogen-bond donors (Lipinski definition) is 0. The van der Waals surface area contributed by atoms with Gasteiger partial charge in [-0.05, 0) is 17.4 Å². The number of benzene rings is 1. The van der Waals surface area contributed by atoms with Crippen LogP contribution in [-0.4, -0.2) is 29.6 Å². The van der Waals surface area contributed by atoms with Gasteiger partial charge in [-0.15, -0.1) is 0 Å². The number of unbranched alkanes of at least 4 members (excludes halogenated alkanes) is 1. The number of amides is 1. The highest BCUT2D eigenvalue weighted by Crippen LogP contribution is 2.26. The number of rotatable bonds is 5. The molecule has 2 aromatic rings. The molecular weight excluding hydrogens is 288 g/mol. The molecule has 1 heterocycles. The maximum Gasteiger partial charge on any atom is 0.275 e. The molecule has 1 amide bonds. The molecule has 0 saturated carbocycles. The molecule has 0 aliphatic heterocycles. The van der Waals surface area contributed by atoms with Crippen LogP contribution in [0.5, 0.6) is 0 Å². The summed E-state index contributed by atoms with van der Waals surface area (Å²) in [5.74, 6) is 0.525. The van der Waals surface area contributed by atoms with Crippen LogP contribution in [0.25, 0.3) is 11.3 Å². The fourth-order valence-electron chi connectivity index (χ4n) is 2.34. The number of carbonyl (C=O) groups is 1. The van der Waals surface area contributed by atoms with Crippen LogP contribution in [0, 0.1) is 0 Å². The van der Waals surface area contributed by atoms with Gasteiger partial charge in [-0.1, -0.05) is 63.5 Å². The van der Waals surface area contributed by atoms with Gasteiger partial charge in [0.15, 0.2) is 11.5 Å². The van der Waals surface area contributed by atoms with Gasteiger partial charge in [-0.2, -0.15) is 0 Å². The van der Waals surface area contributed by atoms with Gasteiger partial charge in [-0.25, -0.2) is 0 Å². The summed E-state index contributed by atoms with van der Waals surface area (Å²) >= 11 is 0. The van der Waals surface area contributed by atoms with Gasteiger partial charge in [0.25, 0.3) is 5.91 Å². The minimum atomic E-state index is -0.0974. The molecule has 0 saturated heterocycles. The number of hydrogen-bond acceptors (Lipinski definition) is 3. The molecule has 4 heteroatoms. The Morgan fingerprint density at radius 3 is 2.43 bits per heavy atom. The molecule has 0 radical (unpaired) electrons. The maximum absolute atomic E-state index is 12.3. The fourth-order valence-corrected chi connectivity index (χ4v) is 2.34. The lowest BCUT2D eigenvalue weighted by Crippen LogP contribution is -2.27. The molecule has 0 aliphatic carbocycles. The van der Waals surface area contributed by atoms with Crippen LogP contribution in [-0.2, 0) is 5.41 Å². The minimum Gasteiger partial charge on any atom is -0.355 e. The number of aromatic nitrogens is 1. The molecule has 0 unspecified atom stereocenters. The van der Waals surface area contributed by atoms with E-state index >= 15 is 0 Å². The monoisotopic (exact) mass is 314 g/mol. The van der Waals surface area contributed by atoms with E-state index in [1.54, 1.807) is 18.0 Å². The summed E-state index contributed by atoms with van der Waals surface area (Å²) in [7, 11) is 1.80. The van der Waals surface area contributed by atoms with Crippen LogP contribution < -0.4 is 0 Å². The highest BCUT2D eigenvalue weighted by molar-refractivity contribution is 5.92. The first-order valence-corrected chi connectivity index (χ1v) is 8.16. The van der Waals surface area contributed by atoms with Crippen LogP contribution in [0.3, 0.4) is 0 Å². The quantitative estimate of drug-likeness (QED) is 0.815. The normalized spacial score (nSPS) is 11.5. The Bertz CT molecular complexity index is 651. The van der Waals surface area contributed by atoms with Crippen molar-refractivity contribution in [3.05, 3.63) is 41.6 Å². The fraction of sp³-hybridized carbons (Fsp3) is 0.474. The van der Waals surface area contributed by atoms with E-state index in [1.807, 2.05) is 12.1 Å². The summed E-state index contributed by atoms with van der Waals surface area (Å²) in [5.41, 5.74) is 2.67. The molecule has 0 spiro atoms. The second-order valence-corrected chi connectivity index (χ2v) is 6.98. The SMILES string of the molecule is CCCCN(C)C(=O)c1cc(-c2ccc(C(C)(C)C)cc2)on1. The third kappa shape index (κ3) is 4.21. The van der Waals surface area contributed by atoms with Crippen LogP contribution in [0.15, 0.2) is 34.9 Å². The average molecular weight is 314 g/mol. The Morgan fingerprint density at radius 1 is 1.22 bits per heavy atom. The summed E-state index contributed by atoms with van der Waals surface area (Å²) in [6.45, 7) is 9.38. The van der Waals surface area contributed by atoms with E-state index in [4.69, 9.17) is 4.52 Å². The van der Waals surface area contributed by atoms with Crippen LogP contribution in [0.2, 0.25) is 0 Å². The summed E-state index contributed by atoms with van der Waals surface area (Å²) < 4.78 is 5.35. The van der Waals surface area contributed by atoms with E-state index in [-0.39, 0.29) is 11.3 Å². The van der Waals surface area contributed by atoms with Gasteiger partial charge >= 0.3 is 0 Å². The Morgan fingerprint density at radius 2 is 1.87 bits per heavy atom. The van der Waals surface area contributed by atoms with Crippen LogP contribution >= 0.6 is 0 Å². The molecule has 1 aromatic carbocycles. The van der Waals surface area contributed by atoms with E-state index in [0.717, 1.165) is 24.9 Å². The Kier molecular flexibility index (Phi) is 5.24. The van der Waals surface area contributed by atoms with Gasteiger partial charge in [-0.3, -0.25) is 4.79 Å². The zero-order chi connectivity index (χ0) is 17.0. The predicted molar refractivity (Wildman–Crippen MR) is 92.5 cm³/mol.